The van der Waals surface area contributed by atoms with Crippen LogP contribution in [-0.4, -0.2) is 36.4 Å². The maximum absolute atomic E-state index is 12.4. The zero-order chi connectivity index (χ0) is 19.9. The van der Waals surface area contributed by atoms with Crippen molar-refractivity contribution in [3.63, 3.8) is 0 Å². The van der Waals surface area contributed by atoms with Crippen LogP contribution < -0.4 is 15.5 Å². The third-order valence-corrected chi connectivity index (χ3v) is 5.43. The summed E-state index contributed by atoms with van der Waals surface area (Å²) in [6.45, 7) is 1.88. The first kappa shape index (κ1) is 20.6. The number of piperidine rings is 1. The molecule has 1 aromatic heterocycles. The molecule has 2 amide bonds. The molecule has 3 rings (SSSR count). The van der Waals surface area contributed by atoms with Crippen LogP contribution in [0.2, 0.25) is 5.02 Å². The summed E-state index contributed by atoms with van der Waals surface area (Å²) in [5, 5.41) is 6.31. The largest absolute Gasteiger partial charge is 0.357 e. The molecule has 1 aliphatic rings. The van der Waals surface area contributed by atoms with E-state index in [0.29, 0.717) is 11.6 Å². The fraction of sp³-hybridized carbons (Fsp3) is 0.350. The van der Waals surface area contributed by atoms with Crippen molar-refractivity contribution in [3.8, 4) is 0 Å². The monoisotopic (exact) mass is 464 g/mol. The predicted octanol–water partition coefficient (Wildman–Crippen LogP) is 3.86. The summed E-state index contributed by atoms with van der Waals surface area (Å²) < 4.78 is 0.954. The summed E-state index contributed by atoms with van der Waals surface area (Å²) in [5.41, 5.74) is 0.739. The number of carbonyl (C=O) groups is 2. The van der Waals surface area contributed by atoms with Gasteiger partial charge >= 0.3 is 0 Å². The minimum Gasteiger partial charge on any atom is -0.357 e. The van der Waals surface area contributed by atoms with Gasteiger partial charge in [-0.1, -0.05) is 27.5 Å². The maximum atomic E-state index is 12.4. The zero-order valence-electron chi connectivity index (χ0n) is 15.3. The molecule has 2 aromatic rings. The number of hydrogen-bond donors (Lipinski definition) is 2. The Labute approximate surface area is 177 Å². The molecule has 0 bridgehead atoms. The van der Waals surface area contributed by atoms with Crippen molar-refractivity contribution in [1.29, 1.82) is 0 Å². The van der Waals surface area contributed by atoms with Crippen molar-refractivity contribution in [3.05, 3.63) is 52.1 Å². The summed E-state index contributed by atoms with van der Waals surface area (Å²) in [7, 11) is 0. The molecule has 148 valence electrons. The van der Waals surface area contributed by atoms with Crippen molar-refractivity contribution >= 4 is 50.9 Å². The van der Waals surface area contributed by atoms with Crippen molar-refractivity contribution in [2.45, 2.75) is 19.3 Å². The average molecular weight is 466 g/mol. The van der Waals surface area contributed by atoms with Gasteiger partial charge in [-0.2, -0.15) is 0 Å². The van der Waals surface area contributed by atoms with E-state index in [2.05, 4.69) is 36.4 Å². The lowest BCUT2D eigenvalue weighted by atomic mass is 9.96. The van der Waals surface area contributed by atoms with Gasteiger partial charge in [-0.25, -0.2) is 4.98 Å². The van der Waals surface area contributed by atoms with Crippen molar-refractivity contribution < 1.29 is 9.59 Å². The van der Waals surface area contributed by atoms with E-state index in [-0.39, 0.29) is 24.2 Å². The average Bonchev–Trinajstić information content (AvgIpc) is 2.70. The number of nitrogens with zero attached hydrogens (tertiary/aromatic N) is 2. The second kappa shape index (κ2) is 9.89. The molecule has 0 spiro atoms. The van der Waals surface area contributed by atoms with Crippen LogP contribution in [-0.2, 0) is 9.59 Å². The van der Waals surface area contributed by atoms with Gasteiger partial charge in [-0.05, 0) is 49.2 Å². The van der Waals surface area contributed by atoms with Crippen LogP contribution in [0.4, 0.5) is 11.5 Å². The highest BCUT2D eigenvalue weighted by molar-refractivity contribution is 9.10. The maximum Gasteiger partial charge on any atom is 0.226 e. The van der Waals surface area contributed by atoms with Gasteiger partial charge in [0.2, 0.25) is 11.8 Å². The van der Waals surface area contributed by atoms with Crippen LogP contribution >= 0.6 is 27.5 Å². The molecule has 1 aromatic carbocycles. The number of carbonyl (C=O) groups excluding carboxylic acids is 2. The van der Waals surface area contributed by atoms with E-state index in [0.717, 1.165) is 41.9 Å². The van der Waals surface area contributed by atoms with Crippen molar-refractivity contribution in [2.75, 3.05) is 29.9 Å². The van der Waals surface area contributed by atoms with E-state index < -0.39 is 0 Å². The summed E-state index contributed by atoms with van der Waals surface area (Å²) in [5.74, 6) is 0.748. The van der Waals surface area contributed by atoms with E-state index in [1.165, 1.54) is 0 Å². The fourth-order valence-corrected chi connectivity index (χ4v) is 3.50. The van der Waals surface area contributed by atoms with Gasteiger partial charge in [0.15, 0.2) is 0 Å². The summed E-state index contributed by atoms with van der Waals surface area (Å²) in [6, 6.07) is 11.1. The number of pyridine rings is 1. The predicted molar refractivity (Wildman–Crippen MR) is 115 cm³/mol. The van der Waals surface area contributed by atoms with Crippen LogP contribution in [0, 0.1) is 5.92 Å². The number of rotatable bonds is 6. The molecular formula is C20H22BrClN4O2. The second-order valence-corrected chi connectivity index (χ2v) is 8.04. The van der Waals surface area contributed by atoms with Gasteiger partial charge in [0.25, 0.3) is 0 Å². The minimum atomic E-state index is -0.119. The molecule has 1 saturated heterocycles. The lowest BCUT2D eigenvalue weighted by Crippen LogP contribution is -2.41. The number of hydrogen-bond acceptors (Lipinski definition) is 4. The molecule has 8 heteroatoms. The van der Waals surface area contributed by atoms with Gasteiger partial charge in [0.1, 0.15) is 5.82 Å². The highest BCUT2D eigenvalue weighted by atomic mass is 79.9. The first-order chi connectivity index (χ1) is 13.5. The molecule has 2 heterocycles. The summed E-state index contributed by atoms with van der Waals surface area (Å²) >= 11 is 9.23. The lowest BCUT2D eigenvalue weighted by Gasteiger charge is -2.32. The second-order valence-electron chi connectivity index (χ2n) is 6.69. The Hall–Kier alpha value is -2.12. The topological polar surface area (TPSA) is 74.3 Å². The number of halogens is 2. The first-order valence-corrected chi connectivity index (χ1v) is 10.4. The standard InChI is InChI=1S/C20H22BrClN4O2/c21-15-1-4-17(5-2-15)25-19(27)7-10-23-20(28)14-8-11-26(12-9-14)18-6-3-16(22)13-24-18/h1-6,13-14H,7-12H2,(H,23,28)(H,25,27). The molecule has 0 aliphatic carbocycles. The molecule has 28 heavy (non-hydrogen) atoms. The Morgan fingerprint density at radius 3 is 2.50 bits per heavy atom. The van der Waals surface area contributed by atoms with E-state index in [1.807, 2.05) is 36.4 Å². The Morgan fingerprint density at radius 1 is 1.14 bits per heavy atom. The number of nitrogens with one attached hydrogen (secondary N) is 2. The molecule has 0 unspecified atom stereocenters. The molecule has 1 aliphatic heterocycles. The quantitative estimate of drug-likeness (QED) is 0.679. The van der Waals surface area contributed by atoms with Crippen molar-refractivity contribution in [2.24, 2.45) is 5.92 Å². The smallest absolute Gasteiger partial charge is 0.226 e. The molecule has 0 saturated carbocycles. The van der Waals surface area contributed by atoms with Crippen LogP contribution in [0.25, 0.3) is 0 Å². The summed E-state index contributed by atoms with van der Waals surface area (Å²) in [6.07, 6.45) is 3.41. The van der Waals surface area contributed by atoms with Crippen LogP contribution in [0.3, 0.4) is 0 Å². The molecule has 6 nitrogen and oxygen atoms in total. The Bertz CT molecular complexity index is 806. The number of benzene rings is 1. The molecular weight excluding hydrogens is 444 g/mol. The van der Waals surface area contributed by atoms with Crippen LogP contribution in [0.5, 0.6) is 0 Å². The van der Waals surface area contributed by atoms with E-state index >= 15 is 0 Å². The Balaban J connectivity index is 1.37. The zero-order valence-corrected chi connectivity index (χ0v) is 17.7. The normalized spacial score (nSPS) is 14.6. The first-order valence-electron chi connectivity index (χ1n) is 9.21. The number of anilines is 2. The van der Waals surface area contributed by atoms with Gasteiger partial charge in [0, 0.05) is 48.3 Å². The third kappa shape index (κ3) is 5.94. The molecule has 0 atom stereocenters. The minimum absolute atomic E-state index is 0.0140. The van der Waals surface area contributed by atoms with Crippen molar-refractivity contribution in [1.82, 2.24) is 10.3 Å². The highest BCUT2D eigenvalue weighted by Crippen LogP contribution is 2.22. The van der Waals surface area contributed by atoms with Gasteiger partial charge < -0.3 is 15.5 Å². The summed E-state index contributed by atoms with van der Waals surface area (Å²) in [4.78, 5) is 30.8. The lowest BCUT2D eigenvalue weighted by molar-refractivity contribution is -0.125. The number of aromatic nitrogens is 1. The highest BCUT2D eigenvalue weighted by Gasteiger charge is 2.25. The van der Waals surface area contributed by atoms with E-state index in [1.54, 1.807) is 6.20 Å². The molecule has 1 fully saturated rings. The van der Waals surface area contributed by atoms with E-state index in [4.69, 9.17) is 11.6 Å². The van der Waals surface area contributed by atoms with Gasteiger partial charge in [-0.3, -0.25) is 9.59 Å². The van der Waals surface area contributed by atoms with Gasteiger partial charge in [-0.15, -0.1) is 0 Å². The fourth-order valence-electron chi connectivity index (χ4n) is 3.13. The SMILES string of the molecule is O=C(CCNC(=O)C1CCN(c2ccc(Cl)cn2)CC1)Nc1ccc(Br)cc1. The molecule has 0 radical (unpaired) electrons. The third-order valence-electron chi connectivity index (χ3n) is 4.68. The number of amides is 2. The molecule has 2 N–H and O–H groups in total. The van der Waals surface area contributed by atoms with Crippen LogP contribution in [0.1, 0.15) is 19.3 Å². The van der Waals surface area contributed by atoms with Crippen LogP contribution in [0.15, 0.2) is 47.1 Å². The van der Waals surface area contributed by atoms with E-state index in [9.17, 15) is 9.59 Å². The Kier molecular flexibility index (Phi) is 7.28. The Morgan fingerprint density at radius 2 is 1.86 bits per heavy atom. The van der Waals surface area contributed by atoms with Gasteiger partial charge in [0.05, 0.1) is 5.02 Å².